The number of carboxylic acids is 1. The summed E-state index contributed by atoms with van der Waals surface area (Å²) >= 11 is 13.2. The lowest BCUT2D eigenvalue weighted by Crippen LogP contribution is -2.17. The fourth-order valence-corrected chi connectivity index (χ4v) is 2.78. The molecule has 0 fully saturated rings. The summed E-state index contributed by atoms with van der Waals surface area (Å²) in [5.41, 5.74) is -0.188. The molecule has 0 saturated carbocycles. The first kappa shape index (κ1) is 14.8. The SMILES string of the molecule is O=C(Cc1cccs1)Nc1c(Cl)ccc(Cl)c1C(=O)O. The first-order chi connectivity index (χ1) is 9.49. The monoisotopic (exact) mass is 329 g/mol. The first-order valence-electron chi connectivity index (χ1n) is 5.52. The molecule has 2 aromatic rings. The third-order valence-electron chi connectivity index (χ3n) is 2.50. The van der Waals surface area contributed by atoms with Crippen molar-refractivity contribution in [2.45, 2.75) is 6.42 Å². The number of nitrogens with one attached hydrogen (secondary N) is 1. The molecule has 1 aromatic heterocycles. The van der Waals surface area contributed by atoms with E-state index in [9.17, 15) is 9.59 Å². The third-order valence-corrected chi connectivity index (χ3v) is 4.00. The second-order valence-corrected chi connectivity index (χ2v) is 5.74. The highest BCUT2D eigenvalue weighted by Crippen LogP contribution is 2.32. The number of aromatic carboxylic acids is 1. The maximum Gasteiger partial charge on any atom is 0.339 e. The van der Waals surface area contributed by atoms with Gasteiger partial charge in [-0.25, -0.2) is 4.79 Å². The number of rotatable bonds is 4. The molecule has 2 N–H and O–H groups in total. The van der Waals surface area contributed by atoms with Crippen LogP contribution >= 0.6 is 34.5 Å². The summed E-state index contributed by atoms with van der Waals surface area (Å²) in [7, 11) is 0. The zero-order valence-corrected chi connectivity index (χ0v) is 12.4. The lowest BCUT2D eigenvalue weighted by molar-refractivity contribution is -0.115. The maximum absolute atomic E-state index is 11.9. The Morgan fingerprint density at radius 1 is 1.20 bits per heavy atom. The summed E-state index contributed by atoms with van der Waals surface area (Å²) in [5, 5.41) is 13.7. The van der Waals surface area contributed by atoms with Gasteiger partial charge in [0.1, 0.15) is 5.56 Å². The van der Waals surface area contributed by atoms with E-state index in [-0.39, 0.29) is 33.6 Å². The van der Waals surface area contributed by atoms with E-state index in [0.29, 0.717) is 0 Å². The second kappa shape index (κ2) is 6.26. The number of hydrogen-bond donors (Lipinski definition) is 2. The molecule has 104 valence electrons. The predicted octanol–water partition coefficient (Wildman–Crippen LogP) is 3.93. The van der Waals surface area contributed by atoms with Crippen molar-refractivity contribution in [3.8, 4) is 0 Å². The van der Waals surface area contributed by atoms with Gasteiger partial charge < -0.3 is 10.4 Å². The van der Waals surface area contributed by atoms with Gasteiger partial charge >= 0.3 is 5.97 Å². The molecule has 0 bridgehead atoms. The van der Waals surface area contributed by atoms with Gasteiger partial charge in [-0.2, -0.15) is 0 Å². The van der Waals surface area contributed by atoms with Crippen LogP contribution < -0.4 is 5.32 Å². The molecule has 0 atom stereocenters. The first-order valence-corrected chi connectivity index (χ1v) is 7.16. The minimum atomic E-state index is -1.25. The summed E-state index contributed by atoms with van der Waals surface area (Å²) in [4.78, 5) is 24.0. The van der Waals surface area contributed by atoms with Crippen molar-refractivity contribution in [2.75, 3.05) is 5.32 Å². The van der Waals surface area contributed by atoms with E-state index in [1.807, 2.05) is 17.5 Å². The van der Waals surface area contributed by atoms with Gasteiger partial charge in [0.25, 0.3) is 0 Å². The minimum absolute atomic E-state index is 0.0215. The molecule has 0 saturated heterocycles. The average Bonchev–Trinajstić information content (AvgIpc) is 2.86. The maximum atomic E-state index is 11.9. The van der Waals surface area contributed by atoms with Crippen molar-refractivity contribution in [1.29, 1.82) is 0 Å². The Morgan fingerprint density at radius 3 is 2.50 bits per heavy atom. The molecule has 0 spiro atoms. The van der Waals surface area contributed by atoms with Gasteiger partial charge in [-0.05, 0) is 23.6 Å². The Hall–Kier alpha value is -1.56. The smallest absolute Gasteiger partial charge is 0.339 e. The third kappa shape index (κ3) is 3.30. The molecule has 20 heavy (non-hydrogen) atoms. The van der Waals surface area contributed by atoms with E-state index in [2.05, 4.69) is 5.32 Å². The van der Waals surface area contributed by atoms with Crippen molar-refractivity contribution < 1.29 is 14.7 Å². The van der Waals surface area contributed by atoms with E-state index in [4.69, 9.17) is 28.3 Å². The van der Waals surface area contributed by atoms with E-state index < -0.39 is 5.97 Å². The molecule has 2 rings (SSSR count). The van der Waals surface area contributed by atoms with Gasteiger partial charge in [-0.15, -0.1) is 11.3 Å². The molecule has 0 aliphatic carbocycles. The topological polar surface area (TPSA) is 66.4 Å². The minimum Gasteiger partial charge on any atom is -0.478 e. The van der Waals surface area contributed by atoms with Crippen molar-refractivity contribution in [2.24, 2.45) is 0 Å². The highest BCUT2D eigenvalue weighted by atomic mass is 35.5. The highest BCUT2D eigenvalue weighted by molar-refractivity contribution is 7.10. The highest BCUT2D eigenvalue weighted by Gasteiger charge is 2.19. The molecular formula is C13H9Cl2NO3S. The largest absolute Gasteiger partial charge is 0.478 e. The number of amides is 1. The van der Waals surface area contributed by atoms with Crippen LogP contribution in [0.1, 0.15) is 15.2 Å². The number of carbonyl (C=O) groups excluding carboxylic acids is 1. The van der Waals surface area contributed by atoms with Gasteiger partial charge in [-0.3, -0.25) is 4.79 Å². The van der Waals surface area contributed by atoms with Crippen molar-refractivity contribution in [3.05, 3.63) is 50.1 Å². The fourth-order valence-electron chi connectivity index (χ4n) is 1.64. The number of thiophene rings is 1. The van der Waals surface area contributed by atoms with Crippen LogP contribution in [0.5, 0.6) is 0 Å². The van der Waals surface area contributed by atoms with Crippen LogP contribution in [-0.4, -0.2) is 17.0 Å². The van der Waals surface area contributed by atoms with Crippen molar-refractivity contribution in [1.82, 2.24) is 0 Å². The lowest BCUT2D eigenvalue weighted by atomic mass is 10.1. The Morgan fingerprint density at radius 2 is 1.90 bits per heavy atom. The van der Waals surface area contributed by atoms with Crippen LogP contribution in [0.15, 0.2) is 29.6 Å². The molecule has 1 amide bonds. The molecule has 4 nitrogen and oxygen atoms in total. The molecule has 0 aliphatic heterocycles. The lowest BCUT2D eigenvalue weighted by Gasteiger charge is -2.11. The molecule has 0 aliphatic rings. The molecular weight excluding hydrogens is 321 g/mol. The van der Waals surface area contributed by atoms with Gasteiger partial charge in [0.05, 0.1) is 22.2 Å². The Labute approximate surface area is 128 Å². The second-order valence-electron chi connectivity index (χ2n) is 3.89. The molecule has 7 heteroatoms. The molecule has 0 radical (unpaired) electrons. The summed E-state index contributed by atoms with van der Waals surface area (Å²) < 4.78 is 0. The van der Waals surface area contributed by atoms with Crippen molar-refractivity contribution >= 4 is 52.1 Å². The standard InChI is InChI=1S/C13H9Cl2NO3S/c14-8-3-4-9(15)12(11(8)13(18)19)16-10(17)6-7-2-1-5-20-7/h1-5H,6H2,(H,16,17)(H,18,19). The Bertz CT molecular complexity index is 656. The fraction of sp³-hybridized carbons (Fsp3) is 0.0769. The normalized spacial score (nSPS) is 10.3. The quantitative estimate of drug-likeness (QED) is 0.892. The summed E-state index contributed by atoms with van der Waals surface area (Å²) in [6.07, 6.45) is 0.152. The Kier molecular flexibility index (Phi) is 4.65. The average molecular weight is 330 g/mol. The number of hydrogen-bond acceptors (Lipinski definition) is 3. The summed E-state index contributed by atoms with van der Waals surface area (Å²) in [6, 6.07) is 6.48. The number of anilines is 1. The number of halogens is 2. The van der Waals surface area contributed by atoms with Crippen LogP contribution in [-0.2, 0) is 11.2 Å². The molecule has 1 aromatic carbocycles. The zero-order chi connectivity index (χ0) is 14.7. The van der Waals surface area contributed by atoms with Crippen LogP contribution in [0.2, 0.25) is 10.0 Å². The van der Waals surface area contributed by atoms with E-state index in [1.54, 1.807) is 0 Å². The van der Waals surface area contributed by atoms with Crippen LogP contribution in [0, 0.1) is 0 Å². The summed E-state index contributed by atoms with van der Waals surface area (Å²) in [5.74, 6) is -1.59. The predicted molar refractivity (Wildman–Crippen MR) is 80.1 cm³/mol. The van der Waals surface area contributed by atoms with Crippen molar-refractivity contribution in [3.63, 3.8) is 0 Å². The van der Waals surface area contributed by atoms with Crippen LogP contribution in [0.25, 0.3) is 0 Å². The van der Waals surface area contributed by atoms with Crippen LogP contribution in [0.4, 0.5) is 5.69 Å². The van der Waals surface area contributed by atoms with Gasteiger partial charge in [0.2, 0.25) is 5.91 Å². The molecule has 0 unspecified atom stereocenters. The van der Waals surface area contributed by atoms with Gasteiger partial charge in [0.15, 0.2) is 0 Å². The zero-order valence-electron chi connectivity index (χ0n) is 10.0. The number of carboxylic acid groups (broad SMARTS) is 1. The van der Waals surface area contributed by atoms with E-state index >= 15 is 0 Å². The van der Waals surface area contributed by atoms with Crippen LogP contribution in [0.3, 0.4) is 0 Å². The van der Waals surface area contributed by atoms with Gasteiger partial charge in [0, 0.05) is 4.88 Å². The number of carbonyl (C=O) groups is 2. The Balaban J connectivity index is 2.26. The van der Waals surface area contributed by atoms with E-state index in [1.165, 1.54) is 23.5 Å². The molecule has 1 heterocycles. The number of benzene rings is 1. The van der Waals surface area contributed by atoms with Gasteiger partial charge in [-0.1, -0.05) is 29.3 Å². The van der Waals surface area contributed by atoms with E-state index in [0.717, 1.165) is 4.88 Å². The summed E-state index contributed by atoms with van der Waals surface area (Å²) in [6.45, 7) is 0.